The molecule has 1 aliphatic heterocycles. The highest BCUT2D eigenvalue weighted by Crippen LogP contribution is 2.29. The second kappa shape index (κ2) is 4.43. The fourth-order valence-corrected chi connectivity index (χ4v) is 2.26. The van der Waals surface area contributed by atoms with E-state index >= 15 is 0 Å². The van der Waals surface area contributed by atoms with Crippen LogP contribution in [-0.2, 0) is 4.79 Å². The molecule has 0 aliphatic carbocycles. The maximum Gasteiger partial charge on any atom is 0.240 e. The smallest absolute Gasteiger partial charge is 0.240 e. The summed E-state index contributed by atoms with van der Waals surface area (Å²) in [6, 6.07) is 7.40. The quantitative estimate of drug-likeness (QED) is 0.732. The number of nitrogens with two attached hydrogens (primary N) is 2. The number of hydrogen-bond donors (Lipinski definition) is 2. The van der Waals surface area contributed by atoms with E-state index < -0.39 is 0 Å². The first-order valence-corrected chi connectivity index (χ1v) is 5.60. The van der Waals surface area contributed by atoms with Crippen LogP contribution in [0, 0.1) is 0 Å². The number of nitrogens with zero attached hydrogens (tertiary/aromatic N) is 1. The van der Waals surface area contributed by atoms with Gasteiger partial charge in [-0.25, -0.2) is 0 Å². The molecule has 1 heterocycles. The van der Waals surface area contributed by atoms with Gasteiger partial charge in [-0.05, 0) is 31.4 Å². The monoisotopic (exact) mass is 219 g/mol. The number of piperidine rings is 1. The molecule has 86 valence electrons. The van der Waals surface area contributed by atoms with E-state index in [1.165, 1.54) is 0 Å². The molecule has 1 atom stereocenters. The number of nitrogen functional groups attached to an aromatic ring is 1. The van der Waals surface area contributed by atoms with Gasteiger partial charge in [0.25, 0.3) is 0 Å². The van der Waals surface area contributed by atoms with Crippen molar-refractivity contribution in [1.82, 2.24) is 0 Å². The third-order valence-electron chi connectivity index (χ3n) is 3.08. The zero-order valence-corrected chi connectivity index (χ0v) is 9.23. The van der Waals surface area contributed by atoms with Crippen molar-refractivity contribution < 1.29 is 4.79 Å². The third-order valence-corrected chi connectivity index (χ3v) is 3.08. The number of benzene rings is 1. The molecule has 1 fully saturated rings. The van der Waals surface area contributed by atoms with Crippen LogP contribution < -0.4 is 16.4 Å². The van der Waals surface area contributed by atoms with Gasteiger partial charge in [-0.3, -0.25) is 4.79 Å². The van der Waals surface area contributed by atoms with Gasteiger partial charge < -0.3 is 16.4 Å². The van der Waals surface area contributed by atoms with Crippen LogP contribution in [0.25, 0.3) is 0 Å². The maximum absolute atomic E-state index is 11.4. The number of anilines is 2. The van der Waals surface area contributed by atoms with Gasteiger partial charge in [-0.15, -0.1) is 0 Å². The molecule has 1 saturated heterocycles. The van der Waals surface area contributed by atoms with Crippen molar-refractivity contribution in [2.75, 3.05) is 17.2 Å². The van der Waals surface area contributed by atoms with Crippen LogP contribution in [0.15, 0.2) is 24.3 Å². The number of para-hydroxylation sites is 2. The van der Waals surface area contributed by atoms with Crippen molar-refractivity contribution >= 4 is 17.3 Å². The fraction of sp³-hybridized carbons (Fsp3) is 0.417. The zero-order chi connectivity index (χ0) is 11.5. The Labute approximate surface area is 95.2 Å². The topological polar surface area (TPSA) is 72.4 Å². The zero-order valence-electron chi connectivity index (χ0n) is 9.23. The molecule has 0 spiro atoms. The van der Waals surface area contributed by atoms with E-state index in [0.29, 0.717) is 5.69 Å². The van der Waals surface area contributed by atoms with E-state index in [2.05, 4.69) is 0 Å². The highest BCUT2D eigenvalue weighted by molar-refractivity contribution is 5.85. The van der Waals surface area contributed by atoms with Gasteiger partial charge in [0.15, 0.2) is 0 Å². The summed E-state index contributed by atoms with van der Waals surface area (Å²) in [5, 5.41) is 0. The summed E-state index contributed by atoms with van der Waals surface area (Å²) in [6.45, 7) is 0.849. The number of carbonyl (C=O) groups is 1. The average Bonchev–Trinajstić information content (AvgIpc) is 2.29. The third kappa shape index (κ3) is 1.96. The molecule has 1 amide bonds. The second-order valence-corrected chi connectivity index (χ2v) is 4.17. The van der Waals surface area contributed by atoms with Gasteiger partial charge in [0.2, 0.25) is 5.91 Å². The lowest BCUT2D eigenvalue weighted by Crippen LogP contribution is -2.48. The number of hydrogen-bond acceptors (Lipinski definition) is 3. The minimum Gasteiger partial charge on any atom is -0.397 e. The molecule has 4 nitrogen and oxygen atoms in total. The Hall–Kier alpha value is -1.71. The lowest BCUT2D eigenvalue weighted by Gasteiger charge is -2.36. The summed E-state index contributed by atoms with van der Waals surface area (Å²) in [7, 11) is 0. The van der Waals surface area contributed by atoms with Crippen molar-refractivity contribution in [1.29, 1.82) is 0 Å². The van der Waals surface area contributed by atoms with Crippen LogP contribution in [0.3, 0.4) is 0 Å². The first-order chi connectivity index (χ1) is 7.70. The Balaban J connectivity index is 2.30. The molecular weight excluding hydrogens is 202 g/mol. The second-order valence-electron chi connectivity index (χ2n) is 4.17. The highest BCUT2D eigenvalue weighted by Gasteiger charge is 2.27. The summed E-state index contributed by atoms with van der Waals surface area (Å²) >= 11 is 0. The Bertz CT molecular complexity index is 392. The van der Waals surface area contributed by atoms with E-state index in [9.17, 15) is 4.79 Å². The summed E-state index contributed by atoms with van der Waals surface area (Å²) in [5.41, 5.74) is 13.0. The lowest BCUT2D eigenvalue weighted by molar-refractivity contribution is -0.119. The minimum atomic E-state index is -0.261. The SMILES string of the molecule is NC(=O)C1CCCCN1c1ccccc1N. The predicted octanol–water partition coefficient (Wildman–Crippen LogP) is 1.11. The van der Waals surface area contributed by atoms with Crippen LogP contribution >= 0.6 is 0 Å². The van der Waals surface area contributed by atoms with E-state index in [1.807, 2.05) is 29.2 Å². The average molecular weight is 219 g/mol. The van der Waals surface area contributed by atoms with Gasteiger partial charge in [0, 0.05) is 6.54 Å². The van der Waals surface area contributed by atoms with Gasteiger partial charge in [-0.2, -0.15) is 0 Å². The molecule has 0 saturated carbocycles. The Morgan fingerprint density at radius 1 is 1.31 bits per heavy atom. The molecule has 1 aliphatic rings. The van der Waals surface area contributed by atoms with Crippen LogP contribution in [0.1, 0.15) is 19.3 Å². The molecular formula is C12H17N3O. The summed E-state index contributed by atoms with van der Waals surface area (Å²) in [5.74, 6) is -0.261. The molecule has 1 aromatic rings. The Kier molecular flexibility index (Phi) is 2.99. The molecule has 0 radical (unpaired) electrons. The highest BCUT2D eigenvalue weighted by atomic mass is 16.1. The summed E-state index contributed by atoms with van der Waals surface area (Å²) < 4.78 is 0. The first kappa shape index (κ1) is 10.8. The number of rotatable bonds is 2. The van der Waals surface area contributed by atoms with Gasteiger partial charge >= 0.3 is 0 Å². The molecule has 1 aromatic carbocycles. The van der Waals surface area contributed by atoms with Gasteiger partial charge in [-0.1, -0.05) is 12.1 Å². The van der Waals surface area contributed by atoms with Crippen LogP contribution in [-0.4, -0.2) is 18.5 Å². The predicted molar refractivity (Wildman–Crippen MR) is 65.0 cm³/mol. The van der Waals surface area contributed by atoms with Crippen molar-refractivity contribution in [3.05, 3.63) is 24.3 Å². The van der Waals surface area contributed by atoms with E-state index in [-0.39, 0.29) is 11.9 Å². The Morgan fingerprint density at radius 2 is 2.06 bits per heavy atom. The fourth-order valence-electron chi connectivity index (χ4n) is 2.26. The summed E-state index contributed by atoms with van der Waals surface area (Å²) in [4.78, 5) is 13.4. The number of amides is 1. The molecule has 1 unspecified atom stereocenters. The van der Waals surface area contributed by atoms with Crippen LogP contribution in [0.2, 0.25) is 0 Å². The number of primary amides is 1. The molecule has 16 heavy (non-hydrogen) atoms. The van der Waals surface area contributed by atoms with Crippen molar-refractivity contribution in [2.24, 2.45) is 5.73 Å². The van der Waals surface area contributed by atoms with E-state index in [0.717, 1.165) is 31.5 Å². The largest absolute Gasteiger partial charge is 0.397 e. The first-order valence-electron chi connectivity index (χ1n) is 5.60. The number of carbonyl (C=O) groups excluding carboxylic acids is 1. The van der Waals surface area contributed by atoms with Crippen LogP contribution in [0.5, 0.6) is 0 Å². The molecule has 4 heteroatoms. The summed E-state index contributed by atoms with van der Waals surface area (Å²) in [6.07, 6.45) is 2.96. The van der Waals surface area contributed by atoms with E-state index in [4.69, 9.17) is 11.5 Å². The minimum absolute atomic E-state index is 0.210. The molecule has 0 aromatic heterocycles. The van der Waals surface area contributed by atoms with Crippen molar-refractivity contribution in [3.63, 3.8) is 0 Å². The van der Waals surface area contributed by atoms with Crippen molar-refractivity contribution in [2.45, 2.75) is 25.3 Å². The van der Waals surface area contributed by atoms with Gasteiger partial charge in [0.1, 0.15) is 6.04 Å². The molecule has 4 N–H and O–H groups in total. The normalized spacial score (nSPS) is 20.8. The van der Waals surface area contributed by atoms with Crippen LogP contribution in [0.4, 0.5) is 11.4 Å². The lowest BCUT2D eigenvalue weighted by atomic mass is 10.0. The Morgan fingerprint density at radius 3 is 2.75 bits per heavy atom. The van der Waals surface area contributed by atoms with Crippen molar-refractivity contribution in [3.8, 4) is 0 Å². The standard InChI is InChI=1S/C12H17N3O/c13-9-5-1-2-6-10(9)15-8-4-3-7-11(15)12(14)16/h1-2,5-6,11H,3-4,7-8,13H2,(H2,14,16). The molecule has 2 rings (SSSR count). The van der Waals surface area contributed by atoms with Gasteiger partial charge in [0.05, 0.1) is 11.4 Å². The maximum atomic E-state index is 11.4. The molecule has 0 bridgehead atoms. The van der Waals surface area contributed by atoms with E-state index in [1.54, 1.807) is 0 Å².